The molecule has 0 N–H and O–H groups in total. The Kier molecular flexibility index (Phi) is 4.23. The Labute approximate surface area is 130 Å². The molecule has 1 aliphatic heterocycles. The number of benzene rings is 1. The second-order valence-electron chi connectivity index (χ2n) is 5.39. The molecule has 1 aliphatic rings. The molecule has 5 nitrogen and oxygen atoms in total. The molecule has 2 heterocycles. The van der Waals surface area contributed by atoms with E-state index in [2.05, 4.69) is 9.88 Å². The number of rotatable bonds is 3. The van der Waals surface area contributed by atoms with Gasteiger partial charge in [-0.2, -0.15) is 0 Å². The van der Waals surface area contributed by atoms with Gasteiger partial charge in [-0.3, -0.25) is 4.79 Å². The number of carbonyl (C=O) groups excluding carboxylic acids is 1. The van der Waals surface area contributed by atoms with E-state index in [0.717, 1.165) is 37.7 Å². The molecule has 0 spiro atoms. The highest BCUT2D eigenvalue weighted by molar-refractivity contribution is 5.91. The van der Waals surface area contributed by atoms with Crippen LogP contribution < -0.4 is 4.90 Å². The average Bonchev–Trinajstić information content (AvgIpc) is 3.00. The lowest BCUT2D eigenvalue weighted by Gasteiger charge is -2.34. The van der Waals surface area contributed by atoms with Gasteiger partial charge in [-0.05, 0) is 11.6 Å². The summed E-state index contributed by atoms with van der Waals surface area (Å²) in [5.74, 6) is 1.04. The first-order valence-corrected chi connectivity index (χ1v) is 7.48. The van der Waals surface area contributed by atoms with Crippen molar-refractivity contribution in [1.82, 2.24) is 14.5 Å². The second kappa shape index (κ2) is 6.47. The Morgan fingerprint density at radius 1 is 1.14 bits per heavy atom. The molecule has 1 aromatic carbocycles. The molecule has 0 radical (unpaired) electrons. The summed E-state index contributed by atoms with van der Waals surface area (Å²) >= 11 is 0. The van der Waals surface area contributed by atoms with Crippen LogP contribution in [-0.4, -0.2) is 46.5 Å². The summed E-state index contributed by atoms with van der Waals surface area (Å²) in [4.78, 5) is 20.7. The summed E-state index contributed by atoms with van der Waals surface area (Å²) in [7, 11) is 1.99. The van der Waals surface area contributed by atoms with Crippen LogP contribution in [0.1, 0.15) is 5.56 Å². The summed E-state index contributed by atoms with van der Waals surface area (Å²) in [6.45, 7) is 3.08. The number of hydrogen-bond acceptors (Lipinski definition) is 3. The van der Waals surface area contributed by atoms with Crippen LogP contribution in [0, 0.1) is 0 Å². The fourth-order valence-electron chi connectivity index (χ4n) is 2.63. The monoisotopic (exact) mass is 296 g/mol. The lowest BCUT2D eigenvalue weighted by molar-refractivity contribution is -0.126. The van der Waals surface area contributed by atoms with Crippen molar-refractivity contribution in [1.29, 1.82) is 0 Å². The molecule has 0 atom stereocenters. The Morgan fingerprint density at radius 2 is 1.86 bits per heavy atom. The van der Waals surface area contributed by atoms with Crippen LogP contribution in [0.4, 0.5) is 5.95 Å². The fraction of sp³-hybridized carbons (Fsp3) is 0.294. The maximum atomic E-state index is 12.2. The van der Waals surface area contributed by atoms with E-state index in [1.54, 1.807) is 12.3 Å². The SMILES string of the molecule is Cn1ccnc1N1CCN(C(=O)C=Cc2ccccc2)CC1. The molecule has 1 saturated heterocycles. The third kappa shape index (κ3) is 3.19. The Balaban J connectivity index is 1.56. The first-order valence-electron chi connectivity index (χ1n) is 7.48. The van der Waals surface area contributed by atoms with E-state index in [-0.39, 0.29) is 5.91 Å². The Morgan fingerprint density at radius 3 is 2.50 bits per heavy atom. The molecule has 114 valence electrons. The van der Waals surface area contributed by atoms with Crippen molar-refractivity contribution >= 4 is 17.9 Å². The van der Waals surface area contributed by atoms with Crippen LogP contribution in [0.3, 0.4) is 0 Å². The van der Waals surface area contributed by atoms with Gasteiger partial charge >= 0.3 is 0 Å². The van der Waals surface area contributed by atoms with Gasteiger partial charge in [0.15, 0.2) is 0 Å². The largest absolute Gasteiger partial charge is 0.339 e. The first-order chi connectivity index (χ1) is 10.7. The van der Waals surface area contributed by atoms with Crippen LogP contribution in [0.15, 0.2) is 48.8 Å². The number of imidazole rings is 1. The van der Waals surface area contributed by atoms with Gasteiger partial charge in [0.05, 0.1) is 0 Å². The molecular formula is C17H20N4O. The summed E-state index contributed by atoms with van der Waals surface area (Å²) in [6, 6.07) is 9.88. The molecule has 1 amide bonds. The molecule has 5 heteroatoms. The molecular weight excluding hydrogens is 276 g/mol. The van der Waals surface area contributed by atoms with Crippen molar-refractivity contribution < 1.29 is 4.79 Å². The van der Waals surface area contributed by atoms with Crippen LogP contribution in [0.5, 0.6) is 0 Å². The van der Waals surface area contributed by atoms with Crippen molar-refractivity contribution in [3.63, 3.8) is 0 Å². The first kappa shape index (κ1) is 14.4. The molecule has 3 rings (SSSR count). The predicted octanol–water partition coefficient (Wildman–Crippen LogP) is 1.78. The highest BCUT2D eigenvalue weighted by Gasteiger charge is 2.21. The lowest BCUT2D eigenvalue weighted by atomic mass is 10.2. The third-order valence-corrected chi connectivity index (χ3v) is 3.89. The fourth-order valence-corrected chi connectivity index (χ4v) is 2.63. The molecule has 22 heavy (non-hydrogen) atoms. The van der Waals surface area contributed by atoms with Crippen LogP contribution >= 0.6 is 0 Å². The second-order valence-corrected chi connectivity index (χ2v) is 5.39. The van der Waals surface area contributed by atoms with Gasteiger partial charge in [-0.1, -0.05) is 30.3 Å². The third-order valence-electron chi connectivity index (χ3n) is 3.89. The number of nitrogens with zero attached hydrogens (tertiary/aromatic N) is 4. The average molecular weight is 296 g/mol. The summed E-state index contributed by atoms with van der Waals surface area (Å²) in [5.41, 5.74) is 1.04. The number of piperazine rings is 1. The molecule has 0 bridgehead atoms. The number of aromatic nitrogens is 2. The van der Waals surface area contributed by atoms with Crippen molar-refractivity contribution in [2.75, 3.05) is 31.1 Å². The highest BCUT2D eigenvalue weighted by Crippen LogP contribution is 2.13. The maximum Gasteiger partial charge on any atom is 0.246 e. The van der Waals surface area contributed by atoms with Gasteiger partial charge in [-0.15, -0.1) is 0 Å². The van der Waals surface area contributed by atoms with Gasteiger partial charge in [0, 0.05) is 51.7 Å². The Hall–Kier alpha value is -2.56. The van der Waals surface area contributed by atoms with Gasteiger partial charge in [0.2, 0.25) is 11.9 Å². The summed E-state index contributed by atoms with van der Waals surface area (Å²) in [5, 5.41) is 0. The van der Waals surface area contributed by atoms with E-state index in [4.69, 9.17) is 0 Å². The van der Waals surface area contributed by atoms with Gasteiger partial charge in [0.25, 0.3) is 0 Å². The zero-order chi connectivity index (χ0) is 15.4. The van der Waals surface area contributed by atoms with Crippen molar-refractivity contribution in [2.45, 2.75) is 0 Å². The molecule has 0 aliphatic carbocycles. The minimum Gasteiger partial charge on any atom is -0.339 e. The molecule has 0 saturated carbocycles. The zero-order valence-corrected chi connectivity index (χ0v) is 12.7. The minimum absolute atomic E-state index is 0.0725. The normalized spacial score (nSPS) is 15.5. The van der Waals surface area contributed by atoms with Crippen LogP contribution in [0.2, 0.25) is 0 Å². The van der Waals surface area contributed by atoms with E-state index in [0.29, 0.717) is 0 Å². The highest BCUT2D eigenvalue weighted by atomic mass is 16.2. The smallest absolute Gasteiger partial charge is 0.246 e. The van der Waals surface area contributed by atoms with Crippen LogP contribution in [0.25, 0.3) is 6.08 Å². The van der Waals surface area contributed by atoms with E-state index < -0.39 is 0 Å². The maximum absolute atomic E-state index is 12.2. The van der Waals surface area contributed by atoms with E-state index in [9.17, 15) is 4.79 Å². The standard InChI is InChI=1S/C17H20N4O/c1-19-10-9-18-17(19)21-13-11-20(12-14-21)16(22)8-7-15-5-3-2-4-6-15/h2-10H,11-14H2,1H3. The lowest BCUT2D eigenvalue weighted by Crippen LogP contribution is -2.49. The molecule has 1 aromatic heterocycles. The van der Waals surface area contributed by atoms with Crippen molar-refractivity contribution in [3.05, 3.63) is 54.4 Å². The predicted molar refractivity (Wildman–Crippen MR) is 87.5 cm³/mol. The molecule has 2 aromatic rings. The zero-order valence-electron chi connectivity index (χ0n) is 12.7. The minimum atomic E-state index is 0.0725. The summed E-state index contributed by atoms with van der Waals surface area (Å²) in [6.07, 6.45) is 7.27. The van der Waals surface area contributed by atoms with E-state index in [1.807, 2.05) is 59.1 Å². The number of carbonyl (C=O) groups is 1. The quantitative estimate of drug-likeness (QED) is 0.811. The number of hydrogen-bond donors (Lipinski definition) is 0. The van der Waals surface area contributed by atoms with Crippen LogP contribution in [-0.2, 0) is 11.8 Å². The number of anilines is 1. The van der Waals surface area contributed by atoms with Gasteiger partial charge in [-0.25, -0.2) is 4.98 Å². The van der Waals surface area contributed by atoms with Crippen molar-refractivity contribution in [2.24, 2.45) is 7.05 Å². The van der Waals surface area contributed by atoms with E-state index in [1.165, 1.54) is 0 Å². The summed E-state index contributed by atoms with van der Waals surface area (Å²) < 4.78 is 2.01. The van der Waals surface area contributed by atoms with Gasteiger partial charge < -0.3 is 14.4 Å². The topological polar surface area (TPSA) is 41.4 Å². The van der Waals surface area contributed by atoms with Gasteiger partial charge in [0.1, 0.15) is 0 Å². The Bertz CT molecular complexity index is 654. The molecule has 0 unspecified atom stereocenters. The van der Waals surface area contributed by atoms with E-state index >= 15 is 0 Å². The van der Waals surface area contributed by atoms with Crippen molar-refractivity contribution in [3.8, 4) is 0 Å². The number of aryl methyl sites for hydroxylation is 1. The molecule has 1 fully saturated rings. The number of amides is 1.